The first-order valence-electron chi connectivity index (χ1n) is 7.42. The average molecular weight is 318 g/mol. The molecule has 0 unspecified atom stereocenters. The minimum absolute atomic E-state index is 0.0622. The first-order valence-corrected chi connectivity index (χ1v) is 10.3. The molecule has 22 heavy (non-hydrogen) atoms. The van der Waals surface area contributed by atoms with Crippen LogP contribution in [0.25, 0.3) is 0 Å². The van der Waals surface area contributed by atoms with Crippen LogP contribution in [0.2, 0.25) is 18.1 Å². The van der Waals surface area contributed by atoms with Crippen LogP contribution in [0.15, 0.2) is 52.0 Å². The molecular formula is C17H26N2O2Si. The van der Waals surface area contributed by atoms with E-state index in [9.17, 15) is 4.79 Å². The van der Waals surface area contributed by atoms with Gasteiger partial charge in [-0.15, -0.1) is 5.11 Å². The monoisotopic (exact) mass is 318 g/mol. The number of azo groups is 1. The minimum Gasteiger partial charge on any atom is -0.545 e. The van der Waals surface area contributed by atoms with Crippen LogP contribution in [0.4, 0.5) is 5.69 Å². The van der Waals surface area contributed by atoms with Crippen molar-refractivity contribution < 1.29 is 9.22 Å². The van der Waals surface area contributed by atoms with Gasteiger partial charge in [-0.05, 0) is 37.2 Å². The molecule has 1 aromatic carbocycles. The van der Waals surface area contributed by atoms with Gasteiger partial charge in [0.2, 0.25) is 8.32 Å². The molecule has 0 aliphatic carbocycles. The highest BCUT2D eigenvalue weighted by Crippen LogP contribution is 2.38. The van der Waals surface area contributed by atoms with Crippen molar-refractivity contribution in [2.45, 2.75) is 52.8 Å². The van der Waals surface area contributed by atoms with Crippen LogP contribution in [0.5, 0.6) is 0 Å². The normalized spacial score (nSPS) is 14.0. The molecule has 0 aromatic heterocycles. The summed E-state index contributed by atoms with van der Waals surface area (Å²) in [5.41, 5.74) is 0.995. The van der Waals surface area contributed by atoms with E-state index in [-0.39, 0.29) is 16.5 Å². The molecule has 0 fully saturated rings. The van der Waals surface area contributed by atoms with Gasteiger partial charge >= 0.3 is 0 Å². The van der Waals surface area contributed by atoms with Crippen molar-refractivity contribution in [3.8, 4) is 0 Å². The maximum absolute atomic E-state index is 11.9. The Bertz CT molecular complexity index is 584. The molecule has 0 atom stereocenters. The number of ketones is 1. The van der Waals surface area contributed by atoms with Gasteiger partial charge < -0.3 is 4.43 Å². The lowest BCUT2D eigenvalue weighted by atomic mass is 10.2. The highest BCUT2D eigenvalue weighted by molar-refractivity contribution is 6.74. The summed E-state index contributed by atoms with van der Waals surface area (Å²) in [6, 6.07) is 9.35. The summed E-state index contributed by atoms with van der Waals surface area (Å²) in [5.74, 6) is 0.412. The number of hydrogen-bond acceptors (Lipinski definition) is 4. The molecule has 1 aromatic rings. The first-order chi connectivity index (χ1) is 10.0. The summed E-state index contributed by atoms with van der Waals surface area (Å²) in [7, 11) is -2.00. The number of Topliss-reactive ketones (excluding diaryl/α,β-unsaturated/α-hetero) is 1. The molecule has 0 aliphatic heterocycles. The molecule has 0 N–H and O–H groups in total. The van der Waals surface area contributed by atoms with Crippen molar-refractivity contribution in [2.75, 3.05) is 0 Å². The summed E-state index contributed by atoms with van der Waals surface area (Å²) in [5, 5.41) is 8.30. The molecule has 0 saturated carbocycles. The zero-order chi connectivity index (χ0) is 17.0. The summed E-state index contributed by atoms with van der Waals surface area (Å²) in [6.07, 6.45) is 0. The number of nitrogens with zero attached hydrogens (tertiary/aromatic N) is 2. The highest BCUT2D eigenvalue weighted by atomic mass is 28.4. The Morgan fingerprint density at radius 3 is 2.09 bits per heavy atom. The Morgan fingerprint density at radius 1 is 1.09 bits per heavy atom. The van der Waals surface area contributed by atoms with Gasteiger partial charge in [0.05, 0.1) is 5.69 Å². The van der Waals surface area contributed by atoms with Crippen LogP contribution >= 0.6 is 0 Å². The fourth-order valence-electron chi connectivity index (χ4n) is 1.58. The van der Waals surface area contributed by atoms with Gasteiger partial charge in [0.25, 0.3) is 0 Å². The predicted octanol–water partition coefficient (Wildman–Crippen LogP) is 5.61. The molecular weight excluding hydrogens is 292 g/mol. The van der Waals surface area contributed by atoms with E-state index in [0.717, 1.165) is 0 Å². The second-order valence-electron chi connectivity index (χ2n) is 6.86. The third-order valence-corrected chi connectivity index (χ3v) is 8.33. The highest BCUT2D eigenvalue weighted by Gasteiger charge is 2.39. The molecule has 0 radical (unpaired) electrons. The quantitative estimate of drug-likeness (QED) is 0.306. The predicted molar refractivity (Wildman–Crippen MR) is 92.6 cm³/mol. The SMILES string of the molecule is CC(=O)/C(N=Nc1ccccc1)=C(/C)O[Si](C)(C)C(C)(C)C. The topological polar surface area (TPSA) is 51.0 Å². The molecule has 0 amide bonds. The standard InChI is InChI=1S/C17H26N2O2Si/c1-13(20)16(19-18-15-11-9-8-10-12-15)14(2)21-22(6,7)17(3,4)5/h8-12H,1-7H3/b16-14+,19-18?. The zero-order valence-electron chi connectivity index (χ0n) is 14.6. The van der Waals surface area contributed by atoms with Gasteiger partial charge in [-0.2, -0.15) is 5.11 Å². The first kappa shape index (κ1) is 18.3. The second kappa shape index (κ2) is 7.00. The van der Waals surface area contributed by atoms with Crippen LogP contribution in [0, 0.1) is 0 Å². The third kappa shape index (κ3) is 4.91. The molecule has 0 heterocycles. The van der Waals surface area contributed by atoms with E-state index in [1.807, 2.05) is 30.3 Å². The van der Waals surface area contributed by atoms with Gasteiger partial charge in [-0.1, -0.05) is 39.0 Å². The van der Waals surface area contributed by atoms with Crippen LogP contribution in [0.3, 0.4) is 0 Å². The molecule has 0 aliphatic rings. The third-order valence-electron chi connectivity index (χ3n) is 3.90. The van der Waals surface area contributed by atoms with Crippen LogP contribution in [-0.2, 0) is 9.22 Å². The summed E-state index contributed by atoms with van der Waals surface area (Å²) in [6.45, 7) is 14.0. The minimum atomic E-state index is -2.00. The van der Waals surface area contributed by atoms with Crippen molar-refractivity contribution >= 4 is 19.8 Å². The maximum Gasteiger partial charge on any atom is 0.250 e. The number of allylic oxidation sites excluding steroid dienone is 2. The van der Waals surface area contributed by atoms with Gasteiger partial charge in [0, 0.05) is 6.92 Å². The van der Waals surface area contributed by atoms with E-state index in [0.29, 0.717) is 11.4 Å². The number of rotatable bonds is 5. The van der Waals surface area contributed by atoms with E-state index in [1.165, 1.54) is 6.92 Å². The van der Waals surface area contributed by atoms with Gasteiger partial charge in [0.15, 0.2) is 11.5 Å². The van der Waals surface area contributed by atoms with Crippen LogP contribution in [-0.4, -0.2) is 14.1 Å². The van der Waals surface area contributed by atoms with Crippen molar-refractivity contribution in [3.05, 3.63) is 41.8 Å². The molecule has 120 valence electrons. The van der Waals surface area contributed by atoms with E-state index < -0.39 is 8.32 Å². The van der Waals surface area contributed by atoms with Gasteiger partial charge in [0.1, 0.15) is 5.76 Å². The number of benzene rings is 1. The Hall–Kier alpha value is -1.75. The van der Waals surface area contributed by atoms with Crippen molar-refractivity contribution in [1.29, 1.82) is 0 Å². The molecule has 4 nitrogen and oxygen atoms in total. The molecule has 0 saturated heterocycles. The Balaban J connectivity index is 3.08. The zero-order valence-corrected chi connectivity index (χ0v) is 15.6. The van der Waals surface area contributed by atoms with Crippen LogP contribution in [0.1, 0.15) is 34.6 Å². The van der Waals surface area contributed by atoms with E-state index in [2.05, 4.69) is 44.1 Å². The fourth-order valence-corrected chi connectivity index (χ4v) is 2.74. The van der Waals surface area contributed by atoms with Gasteiger partial charge in [-0.25, -0.2) is 0 Å². The van der Waals surface area contributed by atoms with Gasteiger partial charge in [-0.3, -0.25) is 4.79 Å². The number of carbonyl (C=O) groups is 1. The summed E-state index contributed by atoms with van der Waals surface area (Å²) >= 11 is 0. The van der Waals surface area contributed by atoms with Crippen molar-refractivity contribution in [3.63, 3.8) is 0 Å². The largest absolute Gasteiger partial charge is 0.545 e. The van der Waals surface area contributed by atoms with E-state index in [4.69, 9.17) is 4.43 Å². The molecule has 0 bridgehead atoms. The second-order valence-corrected chi connectivity index (χ2v) is 11.6. The van der Waals surface area contributed by atoms with E-state index >= 15 is 0 Å². The lowest BCUT2D eigenvalue weighted by molar-refractivity contribution is -0.113. The summed E-state index contributed by atoms with van der Waals surface area (Å²) in [4.78, 5) is 11.9. The average Bonchev–Trinajstić information content (AvgIpc) is 2.37. The lowest BCUT2D eigenvalue weighted by Crippen LogP contribution is -2.40. The van der Waals surface area contributed by atoms with Crippen LogP contribution < -0.4 is 0 Å². The number of carbonyl (C=O) groups excluding carboxylic acids is 1. The molecule has 0 spiro atoms. The Kier molecular flexibility index (Phi) is 5.83. The maximum atomic E-state index is 11.9. The number of hydrogen-bond donors (Lipinski definition) is 0. The fraction of sp³-hybridized carbons (Fsp3) is 0.471. The lowest BCUT2D eigenvalue weighted by Gasteiger charge is -2.36. The van der Waals surface area contributed by atoms with E-state index in [1.54, 1.807) is 6.92 Å². The smallest absolute Gasteiger partial charge is 0.250 e. The molecule has 1 rings (SSSR count). The van der Waals surface area contributed by atoms with Crippen molar-refractivity contribution in [1.82, 2.24) is 0 Å². The Morgan fingerprint density at radius 2 is 1.64 bits per heavy atom. The Labute approximate surface area is 134 Å². The molecule has 5 heteroatoms. The van der Waals surface area contributed by atoms with Crippen molar-refractivity contribution in [2.24, 2.45) is 10.2 Å². The summed E-state index contributed by atoms with van der Waals surface area (Å²) < 4.78 is 6.16.